The van der Waals surface area contributed by atoms with Crippen LogP contribution in [0.5, 0.6) is 0 Å². The molecule has 19 aromatic rings. The molecule has 5 heterocycles. The van der Waals surface area contributed by atoms with Crippen molar-refractivity contribution in [2.75, 3.05) is 9.80 Å². The maximum Gasteiger partial charge on any atom is 0.160 e. The van der Waals surface area contributed by atoms with Gasteiger partial charge in [0.2, 0.25) is 0 Å². The Balaban J connectivity index is 0.969. The minimum absolute atomic E-state index is 0.0566. The van der Waals surface area contributed by atoms with Gasteiger partial charge in [-0.15, -0.1) is 0 Å². The van der Waals surface area contributed by atoms with Crippen molar-refractivity contribution in [1.29, 1.82) is 0 Å². The first-order chi connectivity index (χ1) is 50.5. The summed E-state index contributed by atoms with van der Waals surface area (Å²) in [5.41, 5.74) is 23.9. The summed E-state index contributed by atoms with van der Waals surface area (Å²) in [5.74, 6) is 0. The lowest BCUT2D eigenvalue weighted by atomic mass is 9.67. The molecular formula is C97H75N3O4. The number of anilines is 6. The molecule has 20 rings (SSSR count). The average Bonchev–Trinajstić information content (AvgIpc) is 1.49. The van der Waals surface area contributed by atoms with Crippen molar-refractivity contribution in [2.45, 2.75) is 84.0 Å². The molecular weight excluding hydrogens is 1270 g/mol. The van der Waals surface area contributed by atoms with Gasteiger partial charge in [0, 0.05) is 76.7 Å². The van der Waals surface area contributed by atoms with Gasteiger partial charge >= 0.3 is 0 Å². The van der Waals surface area contributed by atoms with Crippen LogP contribution in [0.2, 0.25) is 0 Å². The predicted octanol–water partition coefficient (Wildman–Crippen LogP) is 27.6. The van der Waals surface area contributed by atoms with Crippen LogP contribution in [0.4, 0.5) is 34.1 Å². The summed E-state index contributed by atoms with van der Waals surface area (Å²) in [4.78, 5) is 4.80. The number of nitrogens with zero attached hydrogens (tertiary/aromatic N) is 3. The minimum atomic E-state index is -1.12. The molecule has 0 radical (unpaired) electrons. The van der Waals surface area contributed by atoms with E-state index >= 15 is 0 Å². The Labute approximate surface area is 603 Å². The summed E-state index contributed by atoms with van der Waals surface area (Å²) in [6.07, 6.45) is 0. The number of furan rings is 4. The van der Waals surface area contributed by atoms with Crippen molar-refractivity contribution in [3.8, 4) is 16.8 Å². The summed E-state index contributed by atoms with van der Waals surface area (Å²) in [6, 6.07) is 107. The molecule has 1 aliphatic rings. The van der Waals surface area contributed by atoms with E-state index in [0.717, 1.165) is 172 Å². The largest absolute Gasteiger partial charge is 0.455 e. The van der Waals surface area contributed by atoms with Gasteiger partial charge < -0.3 is 32.0 Å². The fraction of sp³-hybridized carbons (Fsp3) is 0.134. The smallest absolute Gasteiger partial charge is 0.160 e. The SMILES string of the molecule is CC(C)(C)c1ccc(C2(c3ccc(-n4c5ccc(C(C)(C)C)cc5c5cc(C(C)(C)C)ccc54)cc3)c3cc(N(c4ccccc4)c4cccc5c4oc4ccccc45)c4c(oc5ccccc54)c3-c3c2cc(N(c2ccccc2)c2cccc4c2oc2ccccc24)c2oc4ccccc4c32)cc1. The molecule has 0 bridgehead atoms. The van der Waals surface area contributed by atoms with Crippen LogP contribution in [0, 0.1) is 0 Å². The Kier molecular flexibility index (Phi) is 13.2. The Bertz CT molecular complexity index is 6650. The first-order valence-electron chi connectivity index (χ1n) is 36.3. The van der Waals surface area contributed by atoms with Crippen LogP contribution in [0.1, 0.15) is 101 Å². The van der Waals surface area contributed by atoms with E-state index in [1.54, 1.807) is 0 Å². The molecule has 0 saturated carbocycles. The third kappa shape index (κ3) is 9.02. The second-order valence-electron chi connectivity index (χ2n) is 31.5. The van der Waals surface area contributed by atoms with Gasteiger partial charge in [0.25, 0.3) is 0 Å². The van der Waals surface area contributed by atoms with E-state index in [-0.39, 0.29) is 16.2 Å². The molecule has 7 heteroatoms. The predicted molar refractivity (Wildman–Crippen MR) is 433 cm³/mol. The number of rotatable bonds is 9. The highest BCUT2D eigenvalue weighted by atomic mass is 16.3. The molecule has 0 spiro atoms. The second-order valence-corrected chi connectivity index (χ2v) is 31.5. The molecule has 1 unspecified atom stereocenters. The molecule has 0 saturated heterocycles. The molecule has 7 nitrogen and oxygen atoms in total. The second kappa shape index (κ2) is 22.3. The van der Waals surface area contributed by atoms with Crippen molar-refractivity contribution in [3.05, 3.63) is 330 Å². The Hall–Kier alpha value is -12.3. The summed E-state index contributed by atoms with van der Waals surface area (Å²) >= 11 is 0. The highest BCUT2D eigenvalue weighted by Crippen LogP contribution is 2.65. The van der Waals surface area contributed by atoms with Gasteiger partial charge in [-0.25, -0.2) is 0 Å². The molecule has 502 valence electrons. The first-order valence-corrected chi connectivity index (χ1v) is 36.3. The molecule has 0 aliphatic heterocycles. The molecule has 1 aliphatic carbocycles. The zero-order valence-corrected chi connectivity index (χ0v) is 59.7. The van der Waals surface area contributed by atoms with E-state index in [1.165, 1.54) is 27.5 Å². The van der Waals surface area contributed by atoms with Gasteiger partial charge in [-0.05, 0) is 164 Å². The summed E-state index contributed by atoms with van der Waals surface area (Å²) in [6.45, 7) is 20.8. The van der Waals surface area contributed by atoms with Crippen molar-refractivity contribution >= 4 is 144 Å². The zero-order valence-electron chi connectivity index (χ0n) is 59.7. The quantitative estimate of drug-likeness (QED) is 0.143. The van der Waals surface area contributed by atoms with E-state index < -0.39 is 5.41 Å². The molecule has 14 aromatic carbocycles. The molecule has 0 N–H and O–H groups in total. The highest BCUT2D eigenvalue weighted by Gasteiger charge is 2.51. The van der Waals surface area contributed by atoms with Crippen molar-refractivity contribution in [3.63, 3.8) is 0 Å². The normalized spacial score (nSPS) is 14.2. The monoisotopic (exact) mass is 1350 g/mol. The number of fused-ring (bicyclic) bond motifs is 20. The number of benzene rings is 14. The Morgan fingerprint density at radius 1 is 0.279 bits per heavy atom. The van der Waals surface area contributed by atoms with Crippen molar-refractivity contribution < 1.29 is 17.7 Å². The van der Waals surface area contributed by atoms with Gasteiger partial charge in [0.1, 0.15) is 27.9 Å². The van der Waals surface area contributed by atoms with Gasteiger partial charge in [-0.2, -0.15) is 0 Å². The molecule has 5 aromatic heterocycles. The van der Waals surface area contributed by atoms with Crippen LogP contribution in [-0.4, -0.2) is 4.57 Å². The van der Waals surface area contributed by atoms with E-state index in [2.05, 4.69) is 362 Å². The van der Waals surface area contributed by atoms with E-state index in [1.807, 2.05) is 6.07 Å². The maximum atomic E-state index is 7.81. The maximum absolute atomic E-state index is 7.81. The van der Waals surface area contributed by atoms with E-state index in [4.69, 9.17) is 17.7 Å². The van der Waals surface area contributed by atoms with E-state index in [0.29, 0.717) is 0 Å². The Morgan fingerprint density at radius 3 is 1.16 bits per heavy atom. The minimum Gasteiger partial charge on any atom is -0.455 e. The highest BCUT2D eigenvalue weighted by molar-refractivity contribution is 6.27. The topological polar surface area (TPSA) is 64.0 Å². The van der Waals surface area contributed by atoms with E-state index in [9.17, 15) is 0 Å². The third-order valence-corrected chi connectivity index (χ3v) is 22.3. The van der Waals surface area contributed by atoms with Gasteiger partial charge in [-0.1, -0.05) is 244 Å². The number of hydrogen-bond acceptors (Lipinski definition) is 6. The number of hydrogen-bond donors (Lipinski definition) is 0. The van der Waals surface area contributed by atoms with Crippen LogP contribution in [0.15, 0.2) is 309 Å². The number of aromatic nitrogens is 1. The number of para-hydroxylation sites is 8. The molecule has 0 fully saturated rings. The lowest BCUT2D eigenvalue weighted by Crippen LogP contribution is -2.29. The average molecular weight is 1350 g/mol. The fourth-order valence-electron chi connectivity index (χ4n) is 17.2. The standard InChI is InChI=1S/C97H75N3O4/c1-94(2,3)58-42-44-59(45-43-58)97(60-46-50-65(51-47-60)98-76-52-48-61(95(4,5)6)54-72(76)73-55-62(96(7,8)9)49-53-77(73)98)74-57-81(100(64-28-14-11-15-29-64)79-37-25-35-69-67-31-17-21-39-83(67)102-91(69)79)92-87(71-33-19-23-41-85(71)103-92)88(74)89-75(97)56-80(86-70-32-18-22-40-84(70)104-93(86)89)99(63-26-12-10-13-27-63)78-36-24-34-68-66-30-16-20-38-82(66)101-90(68)78/h10-57H,1-9H3. The van der Waals surface area contributed by atoms with Crippen LogP contribution < -0.4 is 9.80 Å². The van der Waals surface area contributed by atoms with Crippen molar-refractivity contribution in [1.82, 2.24) is 4.57 Å². The Morgan fingerprint density at radius 2 is 0.663 bits per heavy atom. The summed E-state index contributed by atoms with van der Waals surface area (Å²) in [5, 5.41) is 10.6. The molecule has 0 amide bonds. The van der Waals surface area contributed by atoms with Crippen LogP contribution >= 0.6 is 0 Å². The zero-order chi connectivity index (χ0) is 70.3. The summed E-state index contributed by atoms with van der Waals surface area (Å²) < 4.78 is 32.2. The summed E-state index contributed by atoms with van der Waals surface area (Å²) in [7, 11) is 0. The van der Waals surface area contributed by atoms with Crippen LogP contribution in [0.3, 0.4) is 0 Å². The lowest BCUT2D eigenvalue weighted by Gasteiger charge is -2.36. The van der Waals surface area contributed by atoms with Crippen LogP contribution in [-0.2, 0) is 21.7 Å². The van der Waals surface area contributed by atoms with Crippen molar-refractivity contribution in [2.24, 2.45) is 0 Å². The van der Waals surface area contributed by atoms with Gasteiger partial charge in [0.05, 0.1) is 44.6 Å². The molecule has 1 atom stereocenters. The van der Waals surface area contributed by atoms with Gasteiger partial charge in [0.15, 0.2) is 16.7 Å². The van der Waals surface area contributed by atoms with Gasteiger partial charge in [-0.3, -0.25) is 0 Å². The fourth-order valence-corrected chi connectivity index (χ4v) is 17.2. The third-order valence-electron chi connectivity index (χ3n) is 22.3. The lowest BCUT2D eigenvalue weighted by molar-refractivity contribution is 0.589. The van der Waals surface area contributed by atoms with Crippen LogP contribution in [0.25, 0.3) is 126 Å². The molecule has 104 heavy (non-hydrogen) atoms. The first kappa shape index (κ1) is 61.5.